The summed E-state index contributed by atoms with van der Waals surface area (Å²) in [5.41, 5.74) is 17.0. The summed E-state index contributed by atoms with van der Waals surface area (Å²) in [7, 11) is -3.87. The Labute approximate surface area is 229 Å². The maximum atomic E-state index is 12.9. The van der Waals surface area contributed by atoms with Crippen molar-refractivity contribution in [2.45, 2.75) is 37.1 Å². The van der Waals surface area contributed by atoms with Crippen molar-refractivity contribution in [2.24, 2.45) is 22.2 Å². The van der Waals surface area contributed by atoms with Crippen molar-refractivity contribution >= 4 is 50.8 Å². The monoisotopic (exact) mass is 577 g/mol. The fraction of sp³-hybridized carbons (Fsp3) is 0.391. The summed E-state index contributed by atoms with van der Waals surface area (Å²) >= 11 is 1.15. The number of carbonyl (C=O) groups excluding carboxylic acids is 3. The number of carbonyl (C=O) groups is 3. The number of amidine groups is 1. The number of nitrogens with two attached hydrogens (primary N) is 3. The summed E-state index contributed by atoms with van der Waals surface area (Å²) in [4.78, 5) is 47.6. The van der Waals surface area contributed by atoms with E-state index in [0.29, 0.717) is 17.5 Å². The highest BCUT2D eigenvalue weighted by Gasteiger charge is 2.36. The SMILES string of the molecule is N=C(N)c1ccc(CS(=O)(=O)N[C@H]2CCN(CC(=O)N[C@@H](CCCN=C(N)N)C(=O)c3nccs3)C2=O)cc1. The fourth-order valence-electron chi connectivity index (χ4n) is 3.94. The molecule has 39 heavy (non-hydrogen) atoms. The largest absolute Gasteiger partial charge is 0.384 e. The summed E-state index contributed by atoms with van der Waals surface area (Å²) < 4.78 is 27.7. The van der Waals surface area contributed by atoms with E-state index in [-0.39, 0.29) is 60.8 Å². The second kappa shape index (κ2) is 13.3. The molecule has 2 amide bonds. The number of hydrogen-bond acceptors (Lipinski definition) is 9. The Hall–Kier alpha value is -3.89. The zero-order valence-electron chi connectivity index (χ0n) is 21.0. The van der Waals surface area contributed by atoms with Gasteiger partial charge in [0.25, 0.3) is 0 Å². The molecule has 210 valence electrons. The molecule has 1 saturated heterocycles. The number of hydrogen-bond donors (Lipinski definition) is 6. The third-order valence-electron chi connectivity index (χ3n) is 5.82. The molecule has 16 heteroatoms. The Morgan fingerprint density at radius 3 is 2.56 bits per heavy atom. The maximum Gasteiger partial charge on any atom is 0.241 e. The van der Waals surface area contributed by atoms with E-state index < -0.39 is 33.9 Å². The molecule has 1 aliphatic heterocycles. The van der Waals surface area contributed by atoms with Gasteiger partial charge in [-0.15, -0.1) is 11.3 Å². The lowest BCUT2D eigenvalue weighted by Gasteiger charge is -2.20. The molecule has 1 aromatic heterocycles. The fourth-order valence-corrected chi connectivity index (χ4v) is 5.94. The van der Waals surface area contributed by atoms with Gasteiger partial charge in [0.2, 0.25) is 27.6 Å². The van der Waals surface area contributed by atoms with Crippen molar-refractivity contribution in [2.75, 3.05) is 19.6 Å². The molecule has 1 aromatic carbocycles. The highest BCUT2D eigenvalue weighted by Crippen LogP contribution is 2.15. The maximum absolute atomic E-state index is 12.9. The first-order valence-corrected chi connectivity index (χ1v) is 14.5. The minimum Gasteiger partial charge on any atom is -0.384 e. The number of nitrogens with one attached hydrogen (secondary N) is 3. The molecule has 0 bridgehead atoms. The number of sulfonamides is 1. The van der Waals surface area contributed by atoms with Gasteiger partial charge in [-0.1, -0.05) is 24.3 Å². The summed E-state index contributed by atoms with van der Waals surface area (Å²) in [6.45, 7) is 0.106. The number of aliphatic imine (C=N–C) groups is 1. The van der Waals surface area contributed by atoms with E-state index in [2.05, 4.69) is 20.0 Å². The molecule has 2 atom stereocenters. The van der Waals surface area contributed by atoms with E-state index in [9.17, 15) is 22.8 Å². The van der Waals surface area contributed by atoms with Crippen molar-refractivity contribution in [1.29, 1.82) is 5.41 Å². The number of guanidine groups is 1. The highest BCUT2D eigenvalue weighted by atomic mass is 32.2. The molecular weight excluding hydrogens is 546 g/mol. The van der Waals surface area contributed by atoms with Crippen molar-refractivity contribution in [3.63, 3.8) is 0 Å². The Bertz CT molecular complexity index is 1320. The van der Waals surface area contributed by atoms with Crippen LogP contribution in [0.25, 0.3) is 0 Å². The van der Waals surface area contributed by atoms with E-state index in [1.807, 2.05) is 0 Å². The third-order valence-corrected chi connectivity index (χ3v) is 7.96. The number of thiazole rings is 1. The van der Waals surface area contributed by atoms with Crippen molar-refractivity contribution < 1.29 is 22.8 Å². The molecule has 2 aromatic rings. The van der Waals surface area contributed by atoms with Crippen LogP contribution < -0.4 is 27.2 Å². The van der Waals surface area contributed by atoms with Gasteiger partial charge in [-0.25, -0.2) is 18.1 Å². The predicted molar refractivity (Wildman–Crippen MR) is 146 cm³/mol. The van der Waals surface area contributed by atoms with Crippen molar-refractivity contribution in [3.05, 3.63) is 52.0 Å². The van der Waals surface area contributed by atoms with Crippen LogP contribution in [0.15, 0.2) is 40.8 Å². The normalized spacial score (nSPS) is 16.1. The van der Waals surface area contributed by atoms with E-state index >= 15 is 0 Å². The minimum atomic E-state index is -3.87. The molecule has 2 heterocycles. The molecule has 0 unspecified atom stereocenters. The lowest BCUT2D eigenvalue weighted by molar-refractivity contribution is -0.134. The lowest BCUT2D eigenvalue weighted by atomic mass is 10.1. The average molecular weight is 578 g/mol. The summed E-state index contributed by atoms with van der Waals surface area (Å²) in [6.07, 6.45) is 2.35. The van der Waals surface area contributed by atoms with E-state index in [4.69, 9.17) is 22.6 Å². The molecule has 1 fully saturated rings. The van der Waals surface area contributed by atoms with E-state index in [1.165, 1.54) is 11.1 Å². The molecule has 0 saturated carbocycles. The van der Waals surface area contributed by atoms with Crippen LogP contribution in [0.2, 0.25) is 0 Å². The minimum absolute atomic E-state index is 0.0783. The molecule has 1 aliphatic rings. The van der Waals surface area contributed by atoms with Gasteiger partial charge in [0.05, 0.1) is 18.3 Å². The van der Waals surface area contributed by atoms with Crippen molar-refractivity contribution in [1.82, 2.24) is 19.9 Å². The molecule has 0 spiro atoms. The smallest absolute Gasteiger partial charge is 0.241 e. The number of amides is 2. The van der Waals surface area contributed by atoms with Gasteiger partial charge in [-0.05, 0) is 24.8 Å². The Morgan fingerprint density at radius 1 is 1.23 bits per heavy atom. The van der Waals surface area contributed by atoms with Gasteiger partial charge in [0.15, 0.2) is 11.0 Å². The quantitative estimate of drug-likeness (QED) is 0.0688. The summed E-state index contributed by atoms with van der Waals surface area (Å²) in [5, 5.41) is 12.0. The standard InChI is InChI=1S/C23H31N9O5S2/c24-20(25)15-5-3-14(4-6-15)13-39(36,37)31-17-7-10-32(22(17)35)12-18(33)30-16(2-1-8-29-23(26)27)19(34)21-28-9-11-38-21/h3-6,9,11,16-17,31H,1-2,7-8,10,12-13H2,(H3,24,25)(H,30,33)(H4,26,27,29)/t16-,17-/m0/s1. The van der Waals surface area contributed by atoms with Crippen LogP contribution >= 0.6 is 11.3 Å². The van der Waals surface area contributed by atoms with Gasteiger partial charge in [-0.2, -0.15) is 0 Å². The van der Waals surface area contributed by atoms with Crippen LogP contribution in [-0.2, 0) is 25.4 Å². The number of nitrogen functional groups attached to an aromatic ring is 1. The van der Waals surface area contributed by atoms with Gasteiger partial charge >= 0.3 is 0 Å². The second-order valence-corrected chi connectivity index (χ2v) is 11.5. The van der Waals surface area contributed by atoms with Crippen LogP contribution in [0.3, 0.4) is 0 Å². The number of Topliss-reactive ketones (excluding diaryl/α,β-unsaturated/α-hetero) is 1. The van der Waals surface area contributed by atoms with Gasteiger partial charge in [-0.3, -0.25) is 24.8 Å². The molecule has 0 aliphatic carbocycles. The highest BCUT2D eigenvalue weighted by molar-refractivity contribution is 7.88. The Kier molecular flexibility index (Phi) is 10.1. The zero-order chi connectivity index (χ0) is 28.6. The predicted octanol–water partition coefficient (Wildman–Crippen LogP) is -1.13. The zero-order valence-corrected chi connectivity index (χ0v) is 22.6. The number of nitrogens with zero attached hydrogens (tertiary/aromatic N) is 3. The number of likely N-dealkylation sites (tertiary alicyclic amines) is 1. The van der Waals surface area contributed by atoms with Crippen LogP contribution in [0.4, 0.5) is 0 Å². The van der Waals surface area contributed by atoms with Crippen LogP contribution in [-0.4, -0.2) is 79.4 Å². The van der Waals surface area contributed by atoms with Crippen LogP contribution in [0.1, 0.15) is 40.2 Å². The first kappa shape index (κ1) is 29.7. The molecule has 14 nitrogen and oxygen atoms in total. The van der Waals surface area contributed by atoms with Gasteiger partial charge in [0, 0.05) is 30.2 Å². The number of aromatic nitrogens is 1. The average Bonchev–Trinajstić information content (AvgIpc) is 3.52. The summed E-state index contributed by atoms with van der Waals surface area (Å²) in [6, 6.07) is 4.28. The molecular formula is C23H31N9O5S2. The Balaban J connectivity index is 1.56. The Morgan fingerprint density at radius 2 is 1.95 bits per heavy atom. The number of rotatable bonds is 14. The van der Waals surface area contributed by atoms with Gasteiger partial charge < -0.3 is 27.4 Å². The number of benzene rings is 1. The second-order valence-electron chi connectivity index (χ2n) is 8.86. The molecule has 9 N–H and O–H groups in total. The van der Waals surface area contributed by atoms with E-state index in [1.54, 1.807) is 29.6 Å². The molecule has 0 radical (unpaired) electrons. The van der Waals surface area contributed by atoms with Crippen molar-refractivity contribution in [3.8, 4) is 0 Å². The number of ketones is 1. The van der Waals surface area contributed by atoms with Crippen LogP contribution in [0, 0.1) is 5.41 Å². The van der Waals surface area contributed by atoms with E-state index in [0.717, 1.165) is 11.3 Å². The first-order valence-electron chi connectivity index (χ1n) is 12.0. The molecule has 3 rings (SSSR count). The topological polar surface area (TPSA) is 240 Å². The van der Waals surface area contributed by atoms with Crippen LogP contribution in [0.5, 0.6) is 0 Å². The first-order chi connectivity index (χ1) is 18.4. The summed E-state index contributed by atoms with van der Waals surface area (Å²) in [5.74, 6) is -2.03. The van der Waals surface area contributed by atoms with Gasteiger partial charge in [0.1, 0.15) is 11.9 Å². The third kappa shape index (κ3) is 8.83. The lowest BCUT2D eigenvalue weighted by Crippen LogP contribution is -2.48.